The Hall–Kier alpha value is -2.73. The molecule has 3 heterocycles. The van der Waals surface area contributed by atoms with Crippen LogP contribution in [0.1, 0.15) is 16.1 Å². The number of carbonyl (C=O) groups is 1. The third-order valence-corrected chi connectivity index (χ3v) is 6.38. The topological polar surface area (TPSA) is 128 Å². The van der Waals surface area contributed by atoms with Gasteiger partial charge in [-0.05, 0) is 29.6 Å². The SMILES string of the molecule is NS(=O)(=O)c1ccc(N2CCOCC2)c(C(=O)NCc2coc(-c3cccs3)n2)c1. The van der Waals surface area contributed by atoms with Crippen LogP contribution >= 0.6 is 11.3 Å². The van der Waals surface area contributed by atoms with Gasteiger partial charge in [0.25, 0.3) is 5.91 Å². The first-order valence-corrected chi connectivity index (χ1v) is 11.6. The Labute approximate surface area is 177 Å². The van der Waals surface area contributed by atoms with Crippen molar-refractivity contribution in [2.75, 3.05) is 31.2 Å². The standard InChI is InChI=1S/C19H20N4O5S2/c20-30(25,26)14-3-4-16(23-5-7-27-8-6-23)15(10-14)18(24)21-11-13-12-28-19(22-13)17-2-1-9-29-17/h1-4,9-10,12H,5-8,11H2,(H,21,24)(H2,20,25,26). The molecule has 0 aliphatic carbocycles. The molecule has 1 amide bonds. The number of aromatic nitrogens is 1. The zero-order valence-electron chi connectivity index (χ0n) is 15.9. The van der Waals surface area contributed by atoms with Crippen molar-refractivity contribution in [3.63, 3.8) is 0 Å². The van der Waals surface area contributed by atoms with Crippen LogP contribution < -0.4 is 15.4 Å². The summed E-state index contributed by atoms with van der Waals surface area (Å²) in [6.45, 7) is 2.39. The molecule has 3 aromatic rings. The summed E-state index contributed by atoms with van der Waals surface area (Å²) in [4.78, 5) is 20.1. The predicted molar refractivity (Wildman–Crippen MR) is 112 cm³/mol. The molecular formula is C19H20N4O5S2. The number of carbonyl (C=O) groups excluding carboxylic acids is 1. The average molecular weight is 449 g/mol. The van der Waals surface area contributed by atoms with Gasteiger partial charge in [-0.1, -0.05) is 6.07 Å². The average Bonchev–Trinajstić information content (AvgIpc) is 3.43. The number of oxazole rings is 1. The number of hydrogen-bond acceptors (Lipinski definition) is 8. The van der Waals surface area contributed by atoms with Crippen LogP contribution in [0.2, 0.25) is 0 Å². The number of nitrogens with zero attached hydrogens (tertiary/aromatic N) is 2. The second kappa shape index (κ2) is 8.56. The van der Waals surface area contributed by atoms with E-state index in [2.05, 4.69) is 10.3 Å². The molecule has 1 aliphatic heterocycles. The van der Waals surface area contributed by atoms with E-state index in [-0.39, 0.29) is 17.0 Å². The zero-order chi connectivity index (χ0) is 21.1. The highest BCUT2D eigenvalue weighted by atomic mass is 32.2. The fraction of sp³-hybridized carbons (Fsp3) is 0.263. The number of hydrogen-bond donors (Lipinski definition) is 2. The maximum absolute atomic E-state index is 12.9. The molecule has 30 heavy (non-hydrogen) atoms. The van der Waals surface area contributed by atoms with Crippen molar-refractivity contribution in [3.8, 4) is 10.8 Å². The summed E-state index contributed by atoms with van der Waals surface area (Å²) in [6.07, 6.45) is 1.49. The summed E-state index contributed by atoms with van der Waals surface area (Å²) in [7, 11) is -3.94. The van der Waals surface area contributed by atoms with Crippen molar-refractivity contribution in [2.24, 2.45) is 5.14 Å². The molecule has 11 heteroatoms. The Morgan fingerprint density at radius 3 is 2.77 bits per heavy atom. The lowest BCUT2D eigenvalue weighted by Gasteiger charge is -2.30. The van der Waals surface area contributed by atoms with Crippen molar-refractivity contribution in [1.82, 2.24) is 10.3 Å². The smallest absolute Gasteiger partial charge is 0.253 e. The van der Waals surface area contributed by atoms with E-state index >= 15 is 0 Å². The second-order valence-electron chi connectivity index (χ2n) is 6.63. The molecule has 0 atom stereocenters. The molecule has 1 aromatic carbocycles. The first-order chi connectivity index (χ1) is 14.4. The van der Waals surface area contributed by atoms with Crippen molar-refractivity contribution >= 4 is 33.0 Å². The van der Waals surface area contributed by atoms with E-state index < -0.39 is 15.9 Å². The van der Waals surface area contributed by atoms with Crippen LogP contribution in [0.4, 0.5) is 5.69 Å². The molecule has 3 N–H and O–H groups in total. The lowest BCUT2D eigenvalue weighted by atomic mass is 10.1. The number of amides is 1. The number of anilines is 1. The fourth-order valence-electron chi connectivity index (χ4n) is 3.12. The molecule has 1 fully saturated rings. The van der Waals surface area contributed by atoms with Crippen molar-refractivity contribution in [1.29, 1.82) is 0 Å². The second-order valence-corrected chi connectivity index (χ2v) is 9.14. The number of ether oxygens (including phenoxy) is 1. The Kier molecular flexibility index (Phi) is 5.86. The summed E-state index contributed by atoms with van der Waals surface area (Å²) >= 11 is 1.50. The molecule has 158 valence electrons. The Balaban J connectivity index is 1.55. The van der Waals surface area contributed by atoms with E-state index in [1.54, 1.807) is 6.07 Å². The van der Waals surface area contributed by atoms with Gasteiger partial charge in [-0.2, -0.15) is 0 Å². The molecule has 0 saturated carbocycles. The Morgan fingerprint density at radius 2 is 2.07 bits per heavy atom. The van der Waals surface area contributed by atoms with Crippen LogP contribution in [0.25, 0.3) is 10.8 Å². The summed E-state index contributed by atoms with van der Waals surface area (Å²) in [5.41, 5.74) is 1.41. The summed E-state index contributed by atoms with van der Waals surface area (Å²) in [5.74, 6) is 0.0575. The first-order valence-electron chi connectivity index (χ1n) is 9.18. The maximum Gasteiger partial charge on any atom is 0.253 e. The predicted octanol–water partition coefficient (Wildman–Crippen LogP) is 1.82. The van der Waals surface area contributed by atoms with Crippen molar-refractivity contribution < 1.29 is 22.4 Å². The first kappa shape index (κ1) is 20.5. The van der Waals surface area contributed by atoms with E-state index in [0.717, 1.165) is 4.88 Å². The molecule has 0 radical (unpaired) electrons. The van der Waals surface area contributed by atoms with Crippen molar-refractivity contribution in [2.45, 2.75) is 11.4 Å². The summed E-state index contributed by atoms with van der Waals surface area (Å²) < 4.78 is 34.4. The third kappa shape index (κ3) is 4.54. The Bertz CT molecular complexity index is 1140. The lowest BCUT2D eigenvalue weighted by Crippen LogP contribution is -2.38. The molecule has 0 spiro atoms. The van der Waals surface area contributed by atoms with E-state index in [1.165, 1.54) is 29.7 Å². The normalized spacial score (nSPS) is 14.6. The lowest BCUT2D eigenvalue weighted by molar-refractivity contribution is 0.0948. The minimum absolute atomic E-state index is 0.119. The zero-order valence-corrected chi connectivity index (χ0v) is 17.5. The highest BCUT2D eigenvalue weighted by Gasteiger charge is 2.22. The van der Waals surface area contributed by atoms with Gasteiger partial charge < -0.3 is 19.4 Å². The van der Waals surface area contributed by atoms with Gasteiger partial charge in [0.05, 0.1) is 40.8 Å². The molecular weight excluding hydrogens is 428 g/mol. The number of thiophene rings is 1. The van der Waals surface area contributed by atoms with Gasteiger partial charge in [0, 0.05) is 18.8 Å². The largest absolute Gasteiger partial charge is 0.443 e. The van der Waals surface area contributed by atoms with Crippen LogP contribution in [-0.2, 0) is 21.3 Å². The Morgan fingerprint density at radius 1 is 1.27 bits per heavy atom. The minimum atomic E-state index is -3.94. The van der Waals surface area contributed by atoms with Gasteiger partial charge in [0.15, 0.2) is 0 Å². The van der Waals surface area contributed by atoms with Crippen LogP contribution in [0.3, 0.4) is 0 Å². The van der Waals surface area contributed by atoms with Gasteiger partial charge in [0.2, 0.25) is 15.9 Å². The van der Waals surface area contributed by atoms with E-state index in [9.17, 15) is 13.2 Å². The van der Waals surface area contributed by atoms with E-state index in [1.807, 2.05) is 22.4 Å². The fourth-order valence-corrected chi connectivity index (χ4v) is 4.32. The number of sulfonamides is 1. The van der Waals surface area contributed by atoms with Crippen LogP contribution in [0.15, 0.2) is 51.3 Å². The summed E-state index contributed by atoms with van der Waals surface area (Å²) in [6, 6.07) is 8.10. The van der Waals surface area contributed by atoms with Crippen LogP contribution in [0, 0.1) is 0 Å². The quantitative estimate of drug-likeness (QED) is 0.589. The molecule has 1 saturated heterocycles. The number of primary sulfonamides is 1. The highest BCUT2D eigenvalue weighted by molar-refractivity contribution is 7.89. The molecule has 9 nitrogen and oxygen atoms in total. The van der Waals surface area contributed by atoms with Crippen LogP contribution in [0.5, 0.6) is 0 Å². The maximum atomic E-state index is 12.9. The summed E-state index contributed by atoms with van der Waals surface area (Å²) in [5, 5.41) is 9.96. The molecule has 0 bridgehead atoms. The molecule has 1 aliphatic rings. The number of morpholine rings is 1. The van der Waals surface area contributed by atoms with Crippen molar-refractivity contribution in [3.05, 3.63) is 53.2 Å². The number of nitrogens with two attached hydrogens (primary N) is 1. The highest BCUT2D eigenvalue weighted by Crippen LogP contribution is 2.26. The third-order valence-electron chi connectivity index (χ3n) is 4.61. The van der Waals surface area contributed by atoms with Gasteiger partial charge in [-0.25, -0.2) is 18.5 Å². The van der Waals surface area contributed by atoms with E-state index in [4.69, 9.17) is 14.3 Å². The number of benzene rings is 1. The molecule has 0 unspecified atom stereocenters. The number of rotatable bonds is 6. The van der Waals surface area contributed by atoms with Gasteiger partial charge >= 0.3 is 0 Å². The minimum Gasteiger partial charge on any atom is -0.443 e. The monoisotopic (exact) mass is 448 g/mol. The van der Waals surface area contributed by atoms with Crippen LogP contribution in [-0.4, -0.2) is 45.6 Å². The van der Waals surface area contributed by atoms with E-state index in [0.29, 0.717) is 43.6 Å². The van der Waals surface area contributed by atoms with Gasteiger partial charge in [-0.15, -0.1) is 11.3 Å². The molecule has 4 rings (SSSR count). The number of nitrogens with one attached hydrogen (secondary N) is 1. The van der Waals surface area contributed by atoms with Gasteiger partial charge in [-0.3, -0.25) is 4.79 Å². The molecule has 2 aromatic heterocycles. The van der Waals surface area contributed by atoms with Gasteiger partial charge in [0.1, 0.15) is 6.26 Å².